The summed E-state index contributed by atoms with van der Waals surface area (Å²) in [6, 6.07) is 4.29. The zero-order valence-corrected chi connectivity index (χ0v) is 15.9. The van der Waals surface area contributed by atoms with Crippen molar-refractivity contribution >= 4 is 35.0 Å². The molecule has 3 rings (SSSR count). The van der Waals surface area contributed by atoms with Crippen LogP contribution < -0.4 is 10.2 Å². The van der Waals surface area contributed by atoms with E-state index in [-0.39, 0.29) is 31.2 Å². The van der Waals surface area contributed by atoms with Crippen LogP contribution in [0.25, 0.3) is 10.6 Å². The Kier molecular flexibility index (Phi) is 5.83. The Bertz CT molecular complexity index is 919. The average Bonchev–Trinajstić information content (AvgIpc) is 3.24. The van der Waals surface area contributed by atoms with E-state index < -0.39 is 24.0 Å². The van der Waals surface area contributed by atoms with E-state index in [0.717, 1.165) is 11.3 Å². The zero-order valence-electron chi connectivity index (χ0n) is 15.1. The molecular formula is C17H17FN4O5S. The van der Waals surface area contributed by atoms with E-state index in [1.165, 1.54) is 30.9 Å². The number of nitrogens with one attached hydrogen (secondary N) is 1. The molecule has 1 aromatic carbocycles. The van der Waals surface area contributed by atoms with Gasteiger partial charge in [0.25, 0.3) is 0 Å². The lowest BCUT2D eigenvalue weighted by molar-refractivity contribution is -0.142. The highest BCUT2D eigenvalue weighted by atomic mass is 32.1. The van der Waals surface area contributed by atoms with Gasteiger partial charge in [-0.1, -0.05) is 11.3 Å². The SMILES string of the molecule is CC(=O)NCC1CN(c2ccc(-c3nnc(COC(C)=O)s3)c(F)c2)C(=O)O1. The van der Waals surface area contributed by atoms with Gasteiger partial charge < -0.3 is 14.8 Å². The maximum atomic E-state index is 14.6. The Morgan fingerprint density at radius 3 is 2.86 bits per heavy atom. The highest BCUT2D eigenvalue weighted by molar-refractivity contribution is 7.14. The molecule has 0 aliphatic carbocycles. The minimum atomic E-state index is -0.609. The summed E-state index contributed by atoms with van der Waals surface area (Å²) in [5, 5.41) is 11.1. The Balaban J connectivity index is 1.71. The quantitative estimate of drug-likeness (QED) is 0.727. The summed E-state index contributed by atoms with van der Waals surface area (Å²) in [5.41, 5.74) is 0.555. The number of benzene rings is 1. The van der Waals surface area contributed by atoms with Crippen LogP contribution in [0.2, 0.25) is 0 Å². The molecule has 9 nitrogen and oxygen atoms in total. The van der Waals surface area contributed by atoms with E-state index in [0.29, 0.717) is 15.7 Å². The van der Waals surface area contributed by atoms with Gasteiger partial charge in [-0.15, -0.1) is 10.2 Å². The van der Waals surface area contributed by atoms with Gasteiger partial charge in [-0.3, -0.25) is 14.5 Å². The number of nitrogens with zero attached hydrogens (tertiary/aromatic N) is 3. The lowest BCUT2D eigenvalue weighted by Crippen LogP contribution is -2.33. The molecule has 1 atom stereocenters. The molecule has 0 radical (unpaired) electrons. The molecule has 28 heavy (non-hydrogen) atoms. The van der Waals surface area contributed by atoms with Gasteiger partial charge in [0.2, 0.25) is 5.91 Å². The molecule has 1 fully saturated rings. The van der Waals surface area contributed by atoms with E-state index in [4.69, 9.17) is 9.47 Å². The zero-order chi connectivity index (χ0) is 20.3. The number of hydrogen-bond donors (Lipinski definition) is 1. The first-order valence-corrected chi connectivity index (χ1v) is 9.13. The minimum Gasteiger partial charge on any atom is -0.458 e. The van der Waals surface area contributed by atoms with Crippen molar-refractivity contribution in [3.63, 3.8) is 0 Å². The van der Waals surface area contributed by atoms with Crippen molar-refractivity contribution in [3.05, 3.63) is 29.0 Å². The van der Waals surface area contributed by atoms with Gasteiger partial charge in [0.15, 0.2) is 10.0 Å². The number of ether oxygens (including phenoxy) is 2. The largest absolute Gasteiger partial charge is 0.458 e. The first-order chi connectivity index (χ1) is 13.3. The van der Waals surface area contributed by atoms with Crippen molar-refractivity contribution in [2.45, 2.75) is 26.6 Å². The molecule has 11 heteroatoms. The molecule has 1 unspecified atom stereocenters. The summed E-state index contributed by atoms with van der Waals surface area (Å²) < 4.78 is 24.6. The summed E-state index contributed by atoms with van der Waals surface area (Å²) in [6.07, 6.45) is -1.12. The van der Waals surface area contributed by atoms with E-state index in [1.807, 2.05) is 0 Å². The second-order valence-electron chi connectivity index (χ2n) is 6.00. The van der Waals surface area contributed by atoms with Gasteiger partial charge in [-0.05, 0) is 18.2 Å². The molecule has 0 spiro atoms. The molecule has 1 aliphatic rings. The van der Waals surface area contributed by atoms with Crippen molar-refractivity contribution in [1.82, 2.24) is 15.5 Å². The second kappa shape index (κ2) is 8.30. The van der Waals surface area contributed by atoms with E-state index in [2.05, 4.69) is 15.5 Å². The molecule has 1 saturated heterocycles. The van der Waals surface area contributed by atoms with Gasteiger partial charge in [-0.2, -0.15) is 0 Å². The average molecular weight is 408 g/mol. The van der Waals surface area contributed by atoms with Crippen LogP contribution in [-0.4, -0.2) is 47.4 Å². The highest BCUT2D eigenvalue weighted by Crippen LogP contribution is 2.30. The number of anilines is 1. The molecule has 2 aromatic rings. The fourth-order valence-corrected chi connectivity index (χ4v) is 3.31. The highest BCUT2D eigenvalue weighted by Gasteiger charge is 2.32. The van der Waals surface area contributed by atoms with E-state index in [9.17, 15) is 18.8 Å². The summed E-state index contributed by atoms with van der Waals surface area (Å²) in [6.45, 7) is 3.01. The number of hydrogen-bond acceptors (Lipinski definition) is 8. The van der Waals surface area contributed by atoms with E-state index in [1.54, 1.807) is 6.07 Å². The van der Waals surface area contributed by atoms with Crippen LogP contribution in [0, 0.1) is 5.82 Å². The Labute approximate surface area is 163 Å². The maximum Gasteiger partial charge on any atom is 0.414 e. The Morgan fingerprint density at radius 2 is 2.18 bits per heavy atom. The molecular weight excluding hydrogens is 391 g/mol. The Morgan fingerprint density at radius 1 is 1.39 bits per heavy atom. The van der Waals surface area contributed by atoms with Crippen molar-refractivity contribution in [3.8, 4) is 10.6 Å². The summed E-state index contributed by atoms with van der Waals surface area (Å²) in [5.74, 6) is -1.25. The van der Waals surface area contributed by atoms with Crippen LogP contribution in [0.15, 0.2) is 18.2 Å². The van der Waals surface area contributed by atoms with Crippen molar-refractivity contribution in [1.29, 1.82) is 0 Å². The fraction of sp³-hybridized carbons (Fsp3) is 0.353. The summed E-state index contributed by atoms with van der Waals surface area (Å²) >= 11 is 1.11. The van der Waals surface area contributed by atoms with Gasteiger partial charge in [0.05, 0.1) is 18.8 Å². The lowest BCUT2D eigenvalue weighted by Gasteiger charge is -2.14. The molecule has 0 bridgehead atoms. The summed E-state index contributed by atoms with van der Waals surface area (Å²) in [4.78, 5) is 35.2. The second-order valence-corrected chi connectivity index (χ2v) is 7.06. The molecule has 1 aromatic heterocycles. The van der Waals surface area contributed by atoms with Crippen molar-refractivity contribution in [2.24, 2.45) is 0 Å². The van der Waals surface area contributed by atoms with Crippen LogP contribution in [0.5, 0.6) is 0 Å². The standard InChI is InChI=1S/C17H17FN4O5S/c1-9(23)19-6-12-7-22(17(25)27-12)11-3-4-13(14(18)5-11)16-21-20-15(28-16)8-26-10(2)24/h3-5,12H,6-8H2,1-2H3,(H,19,23). The van der Waals surface area contributed by atoms with Crippen molar-refractivity contribution < 1.29 is 28.2 Å². The van der Waals surface area contributed by atoms with Crippen LogP contribution >= 0.6 is 11.3 Å². The molecule has 1 aliphatic heterocycles. The molecule has 2 heterocycles. The first kappa shape index (κ1) is 19.7. The van der Waals surface area contributed by atoms with Crippen molar-refractivity contribution in [2.75, 3.05) is 18.0 Å². The fourth-order valence-electron chi connectivity index (χ4n) is 2.53. The third-order valence-electron chi connectivity index (χ3n) is 3.81. The van der Waals surface area contributed by atoms with Crippen LogP contribution in [-0.2, 0) is 25.7 Å². The molecule has 0 saturated carbocycles. The minimum absolute atomic E-state index is 0.0258. The van der Waals surface area contributed by atoms with Gasteiger partial charge in [0, 0.05) is 19.4 Å². The van der Waals surface area contributed by atoms with Gasteiger partial charge >= 0.3 is 12.1 Å². The third-order valence-corrected chi connectivity index (χ3v) is 4.74. The smallest absolute Gasteiger partial charge is 0.414 e. The first-order valence-electron chi connectivity index (χ1n) is 8.31. The van der Waals surface area contributed by atoms with E-state index >= 15 is 0 Å². The number of carbonyl (C=O) groups excluding carboxylic acids is 3. The molecule has 2 amide bonds. The van der Waals surface area contributed by atoms with Crippen LogP contribution in [0.3, 0.4) is 0 Å². The number of cyclic esters (lactones) is 1. The molecule has 148 valence electrons. The topological polar surface area (TPSA) is 111 Å². The monoisotopic (exact) mass is 408 g/mol. The number of amides is 2. The van der Waals surface area contributed by atoms with Gasteiger partial charge in [-0.25, -0.2) is 9.18 Å². The maximum absolute atomic E-state index is 14.6. The Hall–Kier alpha value is -3.08. The molecule has 1 N–H and O–H groups in total. The third kappa shape index (κ3) is 4.60. The van der Waals surface area contributed by atoms with Crippen LogP contribution in [0.1, 0.15) is 18.9 Å². The number of halogens is 1. The number of esters is 1. The van der Waals surface area contributed by atoms with Crippen LogP contribution in [0.4, 0.5) is 14.9 Å². The predicted octanol–water partition coefficient (Wildman–Crippen LogP) is 1.87. The lowest BCUT2D eigenvalue weighted by atomic mass is 10.2. The number of aromatic nitrogens is 2. The summed E-state index contributed by atoms with van der Waals surface area (Å²) in [7, 11) is 0. The number of rotatable bonds is 6. The van der Waals surface area contributed by atoms with Gasteiger partial charge in [0.1, 0.15) is 18.5 Å². The predicted molar refractivity (Wildman–Crippen MR) is 97.1 cm³/mol. The normalized spacial score (nSPS) is 16.0. The number of carbonyl (C=O) groups is 3.